The summed E-state index contributed by atoms with van der Waals surface area (Å²) in [6, 6.07) is 11.2. The van der Waals surface area contributed by atoms with Gasteiger partial charge in [-0.3, -0.25) is 9.78 Å². The highest BCUT2D eigenvalue weighted by atomic mass is 16.1. The van der Waals surface area contributed by atoms with E-state index in [2.05, 4.69) is 48.4 Å². The van der Waals surface area contributed by atoms with Gasteiger partial charge in [-0.1, -0.05) is 37.1 Å². The Morgan fingerprint density at radius 1 is 1.03 bits per heavy atom. The van der Waals surface area contributed by atoms with Crippen molar-refractivity contribution in [3.8, 4) is 0 Å². The van der Waals surface area contributed by atoms with Gasteiger partial charge in [0.1, 0.15) is 0 Å². The highest BCUT2D eigenvalue weighted by Crippen LogP contribution is 2.47. The minimum atomic E-state index is 0.0571. The van der Waals surface area contributed by atoms with E-state index < -0.39 is 0 Å². The van der Waals surface area contributed by atoms with Crippen LogP contribution in [0.5, 0.6) is 0 Å². The number of hydrogen-bond acceptors (Lipinski definition) is 3. The smallest absolute Gasteiger partial charge is 0.164 e. The number of Topliss-reactive ketones (excluding diaryl/α,β-unsaturated/α-hetero) is 1. The van der Waals surface area contributed by atoms with Gasteiger partial charge in [0.2, 0.25) is 0 Å². The van der Waals surface area contributed by atoms with E-state index in [-0.39, 0.29) is 5.41 Å². The first-order valence-corrected chi connectivity index (χ1v) is 11.7. The minimum absolute atomic E-state index is 0.0571. The summed E-state index contributed by atoms with van der Waals surface area (Å²) in [4.78, 5) is 20.2. The van der Waals surface area contributed by atoms with Crippen molar-refractivity contribution in [2.24, 2.45) is 0 Å². The van der Waals surface area contributed by atoms with Crippen LogP contribution < -0.4 is 0 Å². The van der Waals surface area contributed by atoms with Gasteiger partial charge in [-0.2, -0.15) is 0 Å². The van der Waals surface area contributed by atoms with Crippen molar-refractivity contribution in [3.63, 3.8) is 0 Å². The zero-order valence-corrected chi connectivity index (χ0v) is 17.9. The van der Waals surface area contributed by atoms with E-state index in [1.807, 2.05) is 0 Å². The van der Waals surface area contributed by atoms with E-state index in [9.17, 15) is 4.79 Å². The maximum Gasteiger partial charge on any atom is 0.164 e. The number of fused-ring (bicyclic) bond motifs is 3. The molecule has 2 aromatic rings. The number of benzene rings is 1. The summed E-state index contributed by atoms with van der Waals surface area (Å²) in [5.74, 6) is 0.999. The quantitative estimate of drug-likeness (QED) is 0.690. The largest absolute Gasteiger partial charge is 0.306 e. The second kappa shape index (κ2) is 6.88. The second-order valence-electron chi connectivity index (χ2n) is 9.98. The molecule has 0 N–H and O–H groups in total. The van der Waals surface area contributed by atoms with Crippen LogP contribution in [0.4, 0.5) is 0 Å². The third kappa shape index (κ3) is 2.82. The van der Waals surface area contributed by atoms with Crippen molar-refractivity contribution in [2.75, 3.05) is 20.1 Å². The average molecular weight is 399 g/mol. The van der Waals surface area contributed by atoms with Crippen molar-refractivity contribution in [3.05, 3.63) is 70.0 Å². The molecule has 0 unspecified atom stereocenters. The summed E-state index contributed by atoms with van der Waals surface area (Å²) >= 11 is 0. The Morgan fingerprint density at radius 2 is 1.80 bits per heavy atom. The Bertz CT molecular complexity index is 1050. The topological polar surface area (TPSA) is 33.2 Å². The molecule has 0 atom stereocenters. The molecule has 0 amide bonds. The van der Waals surface area contributed by atoms with E-state index in [4.69, 9.17) is 4.98 Å². The van der Waals surface area contributed by atoms with Gasteiger partial charge >= 0.3 is 0 Å². The number of aromatic nitrogens is 1. The molecule has 1 saturated heterocycles. The Hall–Kier alpha value is -2.26. The number of ketones is 1. The molecule has 6 rings (SSSR count). The van der Waals surface area contributed by atoms with Crippen LogP contribution in [0.2, 0.25) is 0 Å². The number of piperidine rings is 1. The molecular formula is C27H30N2O. The molecule has 3 nitrogen and oxygen atoms in total. The third-order valence-electron chi connectivity index (χ3n) is 8.20. The Kier molecular flexibility index (Phi) is 4.24. The van der Waals surface area contributed by atoms with Gasteiger partial charge in [-0.25, -0.2) is 0 Å². The summed E-state index contributed by atoms with van der Waals surface area (Å²) in [5, 5.41) is 0. The van der Waals surface area contributed by atoms with Gasteiger partial charge in [0, 0.05) is 41.0 Å². The lowest BCUT2D eigenvalue weighted by molar-refractivity contribution is 0.0945. The fourth-order valence-electron chi connectivity index (χ4n) is 6.33. The van der Waals surface area contributed by atoms with Crippen LogP contribution in [0.25, 0.3) is 5.57 Å². The standard InChI is InChI=1S/C27H30N2O/c1-29-14-12-27(13-15-29)17-26(30)22-7-6-19(16-23(22)27)20-8-11-25-21(20)9-10-24(28-25)18-4-2-3-5-18/h6-10,16,18H,2-5,11-15,17H2,1H3. The summed E-state index contributed by atoms with van der Waals surface area (Å²) in [7, 11) is 2.19. The zero-order valence-electron chi connectivity index (χ0n) is 17.9. The van der Waals surface area contributed by atoms with E-state index in [1.165, 1.54) is 59.3 Å². The molecule has 0 radical (unpaired) electrons. The van der Waals surface area contributed by atoms with Crippen LogP contribution in [0.15, 0.2) is 36.4 Å². The van der Waals surface area contributed by atoms with Crippen molar-refractivity contribution in [2.45, 2.75) is 62.7 Å². The highest BCUT2D eigenvalue weighted by Gasteiger charge is 2.44. The summed E-state index contributed by atoms with van der Waals surface area (Å²) < 4.78 is 0. The van der Waals surface area contributed by atoms with Crippen molar-refractivity contribution in [1.29, 1.82) is 0 Å². The Morgan fingerprint density at radius 3 is 2.60 bits per heavy atom. The average Bonchev–Trinajstić information content (AvgIpc) is 3.49. The predicted octanol–water partition coefficient (Wildman–Crippen LogP) is 5.28. The normalized spacial score (nSPS) is 23.1. The van der Waals surface area contributed by atoms with E-state index >= 15 is 0 Å². The van der Waals surface area contributed by atoms with E-state index in [1.54, 1.807) is 0 Å². The fourth-order valence-corrected chi connectivity index (χ4v) is 6.33. The lowest BCUT2D eigenvalue weighted by Crippen LogP contribution is -2.39. The van der Waals surface area contributed by atoms with Crippen LogP contribution in [-0.4, -0.2) is 35.8 Å². The molecule has 0 bridgehead atoms. The molecular weight excluding hydrogens is 368 g/mol. The van der Waals surface area contributed by atoms with Crippen LogP contribution in [0.3, 0.4) is 0 Å². The monoisotopic (exact) mass is 398 g/mol. The number of pyridine rings is 1. The van der Waals surface area contributed by atoms with E-state index in [0.717, 1.165) is 37.9 Å². The SMILES string of the molecule is CN1CCC2(CC1)CC(=O)c1ccc(C3=CCc4nc(C5CCCC5)ccc43)cc12. The van der Waals surface area contributed by atoms with Gasteiger partial charge in [0.05, 0.1) is 5.69 Å². The molecule has 3 heteroatoms. The van der Waals surface area contributed by atoms with Gasteiger partial charge in [0.15, 0.2) is 5.78 Å². The first-order chi connectivity index (χ1) is 14.6. The van der Waals surface area contributed by atoms with Crippen LogP contribution in [0, 0.1) is 0 Å². The lowest BCUT2D eigenvalue weighted by Gasteiger charge is -2.38. The maximum absolute atomic E-state index is 12.8. The fraction of sp³-hybridized carbons (Fsp3) is 0.481. The Balaban J connectivity index is 1.35. The molecule has 3 aliphatic carbocycles. The van der Waals surface area contributed by atoms with Gasteiger partial charge < -0.3 is 4.90 Å². The molecule has 1 spiro atoms. The Labute approximate surface area is 179 Å². The molecule has 30 heavy (non-hydrogen) atoms. The van der Waals surface area contributed by atoms with Gasteiger partial charge in [-0.15, -0.1) is 0 Å². The van der Waals surface area contributed by atoms with Crippen molar-refractivity contribution >= 4 is 11.4 Å². The highest BCUT2D eigenvalue weighted by molar-refractivity contribution is 6.03. The maximum atomic E-state index is 12.8. The first kappa shape index (κ1) is 18.5. The summed E-state index contributed by atoms with van der Waals surface area (Å²) in [5.41, 5.74) is 8.72. The van der Waals surface area contributed by atoms with Crippen LogP contribution >= 0.6 is 0 Å². The van der Waals surface area contributed by atoms with Crippen molar-refractivity contribution in [1.82, 2.24) is 9.88 Å². The van der Waals surface area contributed by atoms with Crippen LogP contribution in [-0.2, 0) is 11.8 Å². The molecule has 1 aromatic heterocycles. The predicted molar refractivity (Wildman–Crippen MR) is 120 cm³/mol. The van der Waals surface area contributed by atoms with Crippen LogP contribution in [0.1, 0.15) is 89.3 Å². The molecule has 1 aliphatic heterocycles. The number of carbonyl (C=O) groups excluding carboxylic acids is 1. The molecule has 2 fully saturated rings. The summed E-state index contributed by atoms with van der Waals surface area (Å²) in [6.07, 6.45) is 11.4. The molecule has 1 aromatic carbocycles. The van der Waals surface area contributed by atoms with E-state index in [0.29, 0.717) is 18.1 Å². The van der Waals surface area contributed by atoms with Gasteiger partial charge in [0.25, 0.3) is 0 Å². The molecule has 4 aliphatic rings. The number of allylic oxidation sites excluding steroid dienone is 1. The number of nitrogens with zero attached hydrogens (tertiary/aromatic N) is 2. The molecule has 1 saturated carbocycles. The van der Waals surface area contributed by atoms with Gasteiger partial charge in [-0.05, 0) is 74.7 Å². The first-order valence-electron chi connectivity index (χ1n) is 11.7. The third-order valence-corrected chi connectivity index (χ3v) is 8.20. The number of rotatable bonds is 2. The zero-order chi connectivity index (χ0) is 20.3. The molecule has 154 valence electrons. The number of likely N-dealkylation sites (tertiary alicyclic amines) is 1. The summed E-state index contributed by atoms with van der Waals surface area (Å²) in [6.45, 7) is 2.16. The number of hydrogen-bond donors (Lipinski definition) is 0. The minimum Gasteiger partial charge on any atom is -0.306 e. The van der Waals surface area contributed by atoms with Crippen molar-refractivity contribution < 1.29 is 4.79 Å². The number of carbonyl (C=O) groups is 1. The lowest BCUT2D eigenvalue weighted by atomic mass is 9.73. The second-order valence-corrected chi connectivity index (χ2v) is 9.98. The molecule has 2 heterocycles.